The van der Waals surface area contributed by atoms with Gasteiger partial charge in [-0.15, -0.1) is 0 Å². The van der Waals surface area contributed by atoms with Gasteiger partial charge in [-0.05, 0) is 24.7 Å². The summed E-state index contributed by atoms with van der Waals surface area (Å²) >= 11 is 0. The minimum absolute atomic E-state index is 0.117. The van der Waals surface area contributed by atoms with Crippen LogP contribution in [0.2, 0.25) is 0 Å². The molecule has 0 saturated heterocycles. The molecule has 2 heteroatoms. The Hall–Kier alpha value is -0.530. The van der Waals surface area contributed by atoms with Crippen LogP contribution in [0.5, 0.6) is 0 Å². The Morgan fingerprint density at radius 3 is 1.83 bits per heavy atom. The molecule has 2 nitrogen and oxygen atoms in total. The van der Waals surface area contributed by atoms with Gasteiger partial charge in [-0.2, -0.15) is 0 Å². The van der Waals surface area contributed by atoms with Crippen LogP contribution in [0.3, 0.4) is 0 Å². The molecule has 0 spiro atoms. The summed E-state index contributed by atoms with van der Waals surface area (Å²) in [5, 5.41) is 9.57. The third kappa shape index (κ3) is 13.9. The van der Waals surface area contributed by atoms with Gasteiger partial charge in [0.15, 0.2) is 0 Å². The van der Waals surface area contributed by atoms with Gasteiger partial charge in [0.2, 0.25) is 0 Å². The third-order valence-electron chi connectivity index (χ3n) is 5.22. The van der Waals surface area contributed by atoms with Gasteiger partial charge in [-0.25, -0.2) is 0 Å². The highest BCUT2D eigenvalue weighted by atomic mass is 16.4. The number of hydrogen-bond donors (Lipinski definition) is 1. The topological polar surface area (TPSA) is 37.3 Å². The summed E-state index contributed by atoms with van der Waals surface area (Å²) in [5.74, 6) is 0.644. The van der Waals surface area contributed by atoms with Gasteiger partial charge >= 0.3 is 5.97 Å². The second-order valence-electron chi connectivity index (χ2n) is 8.16. The average Bonchev–Trinajstić information content (AvgIpc) is 2.53. The van der Waals surface area contributed by atoms with Crippen LogP contribution in [-0.2, 0) is 4.79 Å². The highest BCUT2D eigenvalue weighted by molar-refractivity contribution is 5.69. The lowest BCUT2D eigenvalue weighted by Gasteiger charge is -2.21. The number of unbranched alkanes of at least 4 members (excludes halogenated alkanes) is 7. The minimum Gasteiger partial charge on any atom is -0.481 e. The highest BCUT2D eigenvalue weighted by Gasteiger charge is 2.22. The van der Waals surface area contributed by atoms with E-state index in [0.717, 1.165) is 25.2 Å². The molecule has 0 aliphatic rings. The largest absolute Gasteiger partial charge is 0.481 e. The van der Waals surface area contributed by atoms with Crippen LogP contribution in [0.25, 0.3) is 0 Å². The maximum atomic E-state index is 11.6. The summed E-state index contributed by atoms with van der Waals surface area (Å²) in [6, 6.07) is 0. The molecular formula is C22H44O2. The fourth-order valence-corrected chi connectivity index (χ4v) is 3.63. The molecule has 0 fully saturated rings. The lowest BCUT2D eigenvalue weighted by Crippen LogP contribution is -2.18. The van der Waals surface area contributed by atoms with E-state index >= 15 is 0 Å². The van der Waals surface area contributed by atoms with Gasteiger partial charge in [-0.1, -0.05) is 105 Å². The zero-order chi connectivity index (χ0) is 18.2. The fourth-order valence-electron chi connectivity index (χ4n) is 3.63. The van der Waals surface area contributed by atoms with E-state index in [0.29, 0.717) is 5.92 Å². The smallest absolute Gasteiger partial charge is 0.306 e. The summed E-state index contributed by atoms with van der Waals surface area (Å²) in [6.07, 6.45) is 16.8. The van der Waals surface area contributed by atoms with Crippen LogP contribution in [0.4, 0.5) is 0 Å². The SMILES string of the molecule is CCCCCCCCCCC(CC(CCC)CCC(C)C)C(=O)O. The standard InChI is InChI=1S/C22H44O2/c1-5-7-8-9-10-11-12-13-15-21(22(23)24)18-20(14-6-2)17-16-19(3)4/h19-21H,5-18H2,1-4H3,(H,23,24). The monoisotopic (exact) mass is 340 g/mol. The lowest BCUT2D eigenvalue weighted by atomic mass is 9.84. The maximum Gasteiger partial charge on any atom is 0.306 e. The van der Waals surface area contributed by atoms with Gasteiger partial charge in [0.05, 0.1) is 5.92 Å². The average molecular weight is 341 g/mol. The van der Waals surface area contributed by atoms with Crippen molar-refractivity contribution in [1.29, 1.82) is 0 Å². The van der Waals surface area contributed by atoms with Crippen molar-refractivity contribution in [3.05, 3.63) is 0 Å². The summed E-state index contributed by atoms with van der Waals surface area (Å²) in [5.41, 5.74) is 0. The third-order valence-corrected chi connectivity index (χ3v) is 5.22. The summed E-state index contributed by atoms with van der Waals surface area (Å²) in [6.45, 7) is 8.99. The van der Waals surface area contributed by atoms with Gasteiger partial charge < -0.3 is 5.11 Å². The second kappa shape index (κ2) is 16.0. The van der Waals surface area contributed by atoms with Crippen molar-refractivity contribution >= 4 is 5.97 Å². The molecule has 0 heterocycles. The Morgan fingerprint density at radius 1 is 0.750 bits per heavy atom. The zero-order valence-corrected chi connectivity index (χ0v) is 17.0. The van der Waals surface area contributed by atoms with Gasteiger partial charge in [-0.3, -0.25) is 4.79 Å². The predicted octanol–water partition coefficient (Wildman–Crippen LogP) is 7.46. The highest BCUT2D eigenvalue weighted by Crippen LogP contribution is 2.27. The molecule has 2 atom stereocenters. The van der Waals surface area contributed by atoms with E-state index in [2.05, 4.69) is 27.7 Å². The number of hydrogen-bond acceptors (Lipinski definition) is 1. The molecule has 0 aromatic heterocycles. The molecule has 0 aromatic rings. The molecule has 0 bridgehead atoms. The van der Waals surface area contributed by atoms with E-state index in [1.807, 2.05) is 0 Å². The fraction of sp³-hybridized carbons (Fsp3) is 0.955. The van der Waals surface area contributed by atoms with Crippen molar-refractivity contribution < 1.29 is 9.90 Å². The molecule has 0 rings (SSSR count). The van der Waals surface area contributed by atoms with Crippen molar-refractivity contribution in [3.8, 4) is 0 Å². The molecule has 0 aromatic carbocycles. The molecule has 0 saturated carbocycles. The van der Waals surface area contributed by atoms with Crippen LogP contribution in [0, 0.1) is 17.8 Å². The van der Waals surface area contributed by atoms with E-state index in [-0.39, 0.29) is 5.92 Å². The van der Waals surface area contributed by atoms with Crippen molar-refractivity contribution in [2.75, 3.05) is 0 Å². The Kier molecular flexibility index (Phi) is 15.6. The first-order valence-corrected chi connectivity index (χ1v) is 10.7. The Morgan fingerprint density at radius 2 is 1.33 bits per heavy atom. The minimum atomic E-state index is -0.566. The molecule has 0 radical (unpaired) electrons. The number of aliphatic carboxylic acids is 1. The summed E-state index contributed by atoms with van der Waals surface area (Å²) in [4.78, 5) is 11.6. The second-order valence-corrected chi connectivity index (χ2v) is 8.16. The molecule has 2 unspecified atom stereocenters. The van der Waals surface area contributed by atoms with Crippen molar-refractivity contribution in [2.45, 2.75) is 118 Å². The quantitative estimate of drug-likeness (QED) is 0.279. The summed E-state index contributed by atoms with van der Waals surface area (Å²) in [7, 11) is 0. The molecule has 0 amide bonds. The molecule has 144 valence electrons. The van der Waals surface area contributed by atoms with E-state index in [4.69, 9.17) is 0 Å². The normalized spacial score (nSPS) is 14.0. The Labute approximate surface area is 151 Å². The first-order valence-electron chi connectivity index (χ1n) is 10.7. The Bertz CT molecular complexity index is 286. The zero-order valence-electron chi connectivity index (χ0n) is 17.0. The van der Waals surface area contributed by atoms with Crippen molar-refractivity contribution in [2.24, 2.45) is 17.8 Å². The Balaban J connectivity index is 4.02. The molecule has 1 N–H and O–H groups in total. The molecule has 0 aliphatic heterocycles. The number of rotatable bonds is 17. The van der Waals surface area contributed by atoms with E-state index in [1.165, 1.54) is 70.6 Å². The summed E-state index contributed by atoms with van der Waals surface area (Å²) < 4.78 is 0. The van der Waals surface area contributed by atoms with Crippen molar-refractivity contribution in [3.63, 3.8) is 0 Å². The molecule has 0 aliphatic carbocycles. The van der Waals surface area contributed by atoms with Gasteiger partial charge in [0, 0.05) is 0 Å². The first-order chi connectivity index (χ1) is 11.5. The van der Waals surface area contributed by atoms with Gasteiger partial charge in [0.25, 0.3) is 0 Å². The predicted molar refractivity (Wildman–Crippen MR) is 105 cm³/mol. The first kappa shape index (κ1) is 23.5. The molecular weight excluding hydrogens is 296 g/mol. The van der Waals surface area contributed by atoms with Crippen LogP contribution < -0.4 is 0 Å². The lowest BCUT2D eigenvalue weighted by molar-refractivity contribution is -0.142. The number of carboxylic acids is 1. The molecule has 24 heavy (non-hydrogen) atoms. The van der Waals surface area contributed by atoms with E-state index in [9.17, 15) is 9.90 Å². The van der Waals surface area contributed by atoms with E-state index in [1.54, 1.807) is 0 Å². The van der Waals surface area contributed by atoms with Crippen LogP contribution in [0.15, 0.2) is 0 Å². The van der Waals surface area contributed by atoms with Gasteiger partial charge in [0.1, 0.15) is 0 Å². The van der Waals surface area contributed by atoms with Crippen LogP contribution in [0.1, 0.15) is 118 Å². The van der Waals surface area contributed by atoms with Crippen molar-refractivity contribution in [1.82, 2.24) is 0 Å². The van der Waals surface area contributed by atoms with Crippen LogP contribution >= 0.6 is 0 Å². The number of carboxylic acid groups (broad SMARTS) is 1. The van der Waals surface area contributed by atoms with Crippen LogP contribution in [-0.4, -0.2) is 11.1 Å². The van der Waals surface area contributed by atoms with E-state index < -0.39 is 5.97 Å². The maximum absolute atomic E-state index is 11.6. The number of carbonyl (C=O) groups is 1.